The van der Waals surface area contributed by atoms with Gasteiger partial charge in [0.05, 0.1) is 11.6 Å². The van der Waals surface area contributed by atoms with E-state index >= 15 is 0 Å². The molecule has 0 aromatic heterocycles. The predicted octanol–water partition coefficient (Wildman–Crippen LogP) is 2.41. The minimum absolute atomic E-state index is 0.0562. The van der Waals surface area contributed by atoms with Crippen LogP contribution >= 0.6 is 0 Å². The first-order valence-corrected chi connectivity index (χ1v) is 7.50. The lowest BCUT2D eigenvalue weighted by molar-refractivity contribution is -0.137. The Kier molecular flexibility index (Phi) is 8.26. The summed E-state index contributed by atoms with van der Waals surface area (Å²) in [4.78, 5) is 13.8. The summed E-state index contributed by atoms with van der Waals surface area (Å²) in [6.07, 6.45) is 2.33. The van der Waals surface area contributed by atoms with Crippen molar-refractivity contribution in [3.05, 3.63) is 0 Å². The van der Waals surface area contributed by atoms with Crippen LogP contribution in [0.15, 0.2) is 0 Å². The van der Waals surface area contributed by atoms with E-state index in [-0.39, 0.29) is 12.0 Å². The molecule has 19 heavy (non-hydrogen) atoms. The average molecular weight is 272 g/mol. The molecule has 0 spiro atoms. The third-order valence-electron chi connectivity index (χ3n) is 3.12. The Morgan fingerprint density at radius 2 is 1.79 bits per heavy atom. The second kappa shape index (κ2) is 8.54. The Morgan fingerprint density at radius 3 is 2.16 bits per heavy atom. The number of hydrogen-bond donors (Lipinski definition) is 1. The molecule has 1 saturated heterocycles. The smallest absolute Gasteiger partial charge is 0.242 e. The van der Waals surface area contributed by atoms with Crippen LogP contribution in [0.5, 0.6) is 0 Å². The SMILES string of the molecule is CC.CC(C)OCC1CCN(C(=O)C(C)(C)N)CC1. The quantitative estimate of drug-likeness (QED) is 0.855. The van der Waals surface area contributed by atoms with E-state index in [4.69, 9.17) is 10.5 Å². The molecule has 2 N–H and O–H groups in total. The number of rotatable bonds is 4. The van der Waals surface area contributed by atoms with Gasteiger partial charge in [-0.05, 0) is 46.5 Å². The first-order valence-electron chi connectivity index (χ1n) is 7.50. The number of hydrogen-bond acceptors (Lipinski definition) is 3. The van der Waals surface area contributed by atoms with Gasteiger partial charge in [-0.25, -0.2) is 0 Å². The summed E-state index contributed by atoms with van der Waals surface area (Å²) in [5, 5.41) is 0. The second-order valence-electron chi connectivity index (χ2n) is 5.84. The number of carbonyl (C=O) groups is 1. The first-order chi connectivity index (χ1) is 8.80. The molecule has 0 bridgehead atoms. The number of ether oxygens (including phenoxy) is 1. The fourth-order valence-electron chi connectivity index (χ4n) is 2.04. The molecule has 4 nitrogen and oxygen atoms in total. The highest BCUT2D eigenvalue weighted by Crippen LogP contribution is 2.19. The highest BCUT2D eigenvalue weighted by Gasteiger charge is 2.30. The lowest BCUT2D eigenvalue weighted by Gasteiger charge is -2.35. The zero-order valence-electron chi connectivity index (χ0n) is 13.5. The molecule has 1 aliphatic heterocycles. The number of piperidine rings is 1. The van der Waals surface area contributed by atoms with Crippen molar-refractivity contribution < 1.29 is 9.53 Å². The van der Waals surface area contributed by atoms with E-state index in [1.807, 2.05) is 18.7 Å². The van der Waals surface area contributed by atoms with Crippen LogP contribution in [0.4, 0.5) is 0 Å². The Morgan fingerprint density at radius 1 is 1.32 bits per heavy atom. The molecule has 0 aromatic rings. The molecule has 1 amide bonds. The van der Waals surface area contributed by atoms with E-state index in [9.17, 15) is 4.79 Å². The maximum Gasteiger partial charge on any atom is 0.242 e. The standard InChI is InChI=1S/C13H26N2O2.C2H6/c1-10(2)17-9-11-5-7-15(8-6-11)12(16)13(3,4)14;1-2/h10-11H,5-9,14H2,1-4H3;1-2H3. The van der Waals surface area contributed by atoms with Crippen LogP contribution in [0.3, 0.4) is 0 Å². The van der Waals surface area contributed by atoms with Gasteiger partial charge in [-0.3, -0.25) is 4.79 Å². The van der Waals surface area contributed by atoms with Gasteiger partial charge in [0.25, 0.3) is 0 Å². The van der Waals surface area contributed by atoms with Crippen LogP contribution in [-0.4, -0.2) is 42.1 Å². The second-order valence-corrected chi connectivity index (χ2v) is 5.84. The summed E-state index contributed by atoms with van der Waals surface area (Å²) < 4.78 is 5.62. The molecule has 0 aromatic carbocycles. The van der Waals surface area contributed by atoms with Crippen molar-refractivity contribution >= 4 is 5.91 Å². The van der Waals surface area contributed by atoms with E-state index in [1.165, 1.54) is 0 Å². The summed E-state index contributed by atoms with van der Waals surface area (Å²) in [5.74, 6) is 0.642. The minimum atomic E-state index is -0.749. The van der Waals surface area contributed by atoms with Crippen LogP contribution in [0, 0.1) is 5.92 Å². The van der Waals surface area contributed by atoms with E-state index in [1.54, 1.807) is 13.8 Å². The van der Waals surface area contributed by atoms with Crippen molar-refractivity contribution in [3.8, 4) is 0 Å². The van der Waals surface area contributed by atoms with E-state index in [0.29, 0.717) is 5.92 Å². The maximum absolute atomic E-state index is 12.0. The third kappa shape index (κ3) is 6.92. The van der Waals surface area contributed by atoms with E-state index in [0.717, 1.165) is 32.5 Å². The summed E-state index contributed by atoms with van der Waals surface area (Å²) in [6.45, 7) is 14.1. The number of nitrogens with two attached hydrogens (primary N) is 1. The van der Waals surface area contributed by atoms with E-state index in [2.05, 4.69) is 13.8 Å². The van der Waals surface area contributed by atoms with Crippen molar-refractivity contribution in [2.75, 3.05) is 19.7 Å². The van der Waals surface area contributed by atoms with Crippen LogP contribution in [0.1, 0.15) is 54.4 Å². The fraction of sp³-hybridized carbons (Fsp3) is 0.933. The van der Waals surface area contributed by atoms with Gasteiger partial charge < -0.3 is 15.4 Å². The summed E-state index contributed by atoms with van der Waals surface area (Å²) in [5.41, 5.74) is 5.08. The van der Waals surface area contributed by atoms with Crippen LogP contribution < -0.4 is 5.73 Å². The van der Waals surface area contributed by atoms with Gasteiger partial charge in [-0.15, -0.1) is 0 Å². The van der Waals surface area contributed by atoms with Crippen molar-refractivity contribution in [2.24, 2.45) is 11.7 Å². The van der Waals surface area contributed by atoms with Crippen molar-refractivity contribution in [2.45, 2.75) is 66.0 Å². The molecule has 0 atom stereocenters. The third-order valence-corrected chi connectivity index (χ3v) is 3.12. The maximum atomic E-state index is 12.0. The molecule has 114 valence electrons. The summed E-state index contributed by atoms with van der Waals surface area (Å²) in [7, 11) is 0. The topological polar surface area (TPSA) is 55.6 Å². The molecular weight excluding hydrogens is 240 g/mol. The monoisotopic (exact) mass is 272 g/mol. The molecule has 0 unspecified atom stereocenters. The van der Waals surface area contributed by atoms with Crippen LogP contribution in [0.25, 0.3) is 0 Å². The van der Waals surface area contributed by atoms with Crippen LogP contribution in [-0.2, 0) is 9.53 Å². The molecule has 1 rings (SSSR count). The summed E-state index contributed by atoms with van der Waals surface area (Å²) >= 11 is 0. The van der Waals surface area contributed by atoms with Gasteiger partial charge in [0.15, 0.2) is 0 Å². The number of nitrogens with zero attached hydrogens (tertiary/aromatic N) is 1. The molecule has 0 aliphatic carbocycles. The Bertz CT molecular complexity index is 251. The van der Waals surface area contributed by atoms with Gasteiger partial charge in [-0.2, -0.15) is 0 Å². The number of likely N-dealkylation sites (tertiary alicyclic amines) is 1. The molecule has 4 heteroatoms. The summed E-state index contributed by atoms with van der Waals surface area (Å²) in [6, 6.07) is 0. The number of carbonyl (C=O) groups excluding carboxylic acids is 1. The Hall–Kier alpha value is -0.610. The molecule has 1 fully saturated rings. The lowest BCUT2D eigenvalue weighted by atomic mass is 9.95. The zero-order valence-corrected chi connectivity index (χ0v) is 13.5. The van der Waals surface area contributed by atoms with Crippen molar-refractivity contribution in [1.82, 2.24) is 4.90 Å². The Balaban J connectivity index is 0.00000154. The van der Waals surface area contributed by atoms with Gasteiger partial charge in [0.2, 0.25) is 5.91 Å². The molecule has 1 heterocycles. The predicted molar refractivity (Wildman–Crippen MR) is 80.0 cm³/mol. The lowest BCUT2D eigenvalue weighted by Crippen LogP contribution is -2.53. The molecule has 1 aliphatic rings. The van der Waals surface area contributed by atoms with Crippen molar-refractivity contribution in [3.63, 3.8) is 0 Å². The molecule has 0 radical (unpaired) electrons. The fourth-order valence-corrected chi connectivity index (χ4v) is 2.04. The van der Waals surface area contributed by atoms with Gasteiger partial charge >= 0.3 is 0 Å². The van der Waals surface area contributed by atoms with Gasteiger partial charge in [0, 0.05) is 19.7 Å². The molecule has 0 saturated carbocycles. The van der Waals surface area contributed by atoms with Gasteiger partial charge in [-0.1, -0.05) is 13.8 Å². The Labute approximate surface area is 118 Å². The highest BCUT2D eigenvalue weighted by molar-refractivity contribution is 5.85. The zero-order chi connectivity index (χ0) is 15.1. The first kappa shape index (κ1) is 18.4. The highest BCUT2D eigenvalue weighted by atomic mass is 16.5. The normalized spacial score (nSPS) is 17.2. The molecular formula is C15H32N2O2. The van der Waals surface area contributed by atoms with Crippen LogP contribution in [0.2, 0.25) is 0 Å². The minimum Gasteiger partial charge on any atom is -0.379 e. The number of amides is 1. The largest absolute Gasteiger partial charge is 0.379 e. The average Bonchev–Trinajstić information content (AvgIpc) is 2.37. The van der Waals surface area contributed by atoms with Crippen molar-refractivity contribution in [1.29, 1.82) is 0 Å². The van der Waals surface area contributed by atoms with E-state index < -0.39 is 5.54 Å². The van der Waals surface area contributed by atoms with Gasteiger partial charge in [0.1, 0.15) is 0 Å².